The van der Waals surface area contributed by atoms with Crippen molar-refractivity contribution < 1.29 is 22.3 Å². The van der Waals surface area contributed by atoms with Crippen molar-refractivity contribution in [2.24, 2.45) is 5.73 Å². The lowest BCUT2D eigenvalue weighted by atomic mass is 10.1. The Kier molecular flexibility index (Phi) is 4.47. The van der Waals surface area contributed by atoms with Gasteiger partial charge in [0.1, 0.15) is 17.7 Å². The zero-order valence-corrected chi connectivity index (χ0v) is 10.9. The maximum absolute atomic E-state index is 12.9. The van der Waals surface area contributed by atoms with Crippen molar-refractivity contribution in [2.45, 2.75) is 12.3 Å². The minimum Gasteiger partial charge on any atom is -0.484 e. The van der Waals surface area contributed by atoms with Gasteiger partial charge in [-0.1, -0.05) is 12.1 Å². The molecule has 0 aliphatic carbocycles. The largest absolute Gasteiger partial charge is 0.484 e. The number of hydrogen-bond donors (Lipinski definition) is 1. The van der Waals surface area contributed by atoms with Crippen LogP contribution in [0, 0.1) is 5.82 Å². The predicted octanol–water partition coefficient (Wildman–Crippen LogP) is 3.92. The van der Waals surface area contributed by atoms with Crippen LogP contribution in [-0.2, 0) is 6.18 Å². The summed E-state index contributed by atoms with van der Waals surface area (Å²) in [6.07, 6.45) is -4.94. The normalized spacial score (nSPS) is 13.0. The van der Waals surface area contributed by atoms with E-state index in [-0.39, 0.29) is 18.1 Å². The molecule has 21 heavy (non-hydrogen) atoms. The summed E-state index contributed by atoms with van der Waals surface area (Å²) < 4.78 is 55.8. The molecular formula is C15H13F4NO. The van der Waals surface area contributed by atoms with Crippen molar-refractivity contribution in [3.05, 3.63) is 65.5 Å². The van der Waals surface area contributed by atoms with Crippen molar-refractivity contribution in [3.63, 3.8) is 0 Å². The molecule has 0 aliphatic rings. The van der Waals surface area contributed by atoms with Crippen LogP contribution in [0.3, 0.4) is 0 Å². The molecule has 6 heteroatoms. The average molecular weight is 299 g/mol. The Morgan fingerprint density at radius 3 is 2.00 bits per heavy atom. The van der Waals surface area contributed by atoms with Gasteiger partial charge >= 0.3 is 6.18 Å². The highest BCUT2D eigenvalue weighted by molar-refractivity contribution is 5.30. The van der Waals surface area contributed by atoms with Crippen molar-refractivity contribution >= 4 is 0 Å². The minimum absolute atomic E-state index is 0.118. The molecule has 0 fully saturated rings. The van der Waals surface area contributed by atoms with Gasteiger partial charge in [-0.05, 0) is 42.0 Å². The summed E-state index contributed by atoms with van der Waals surface area (Å²) in [6, 6.07) is 9.93. The van der Waals surface area contributed by atoms with Gasteiger partial charge in [-0.2, -0.15) is 13.2 Å². The second-order valence-corrected chi connectivity index (χ2v) is 4.42. The molecule has 0 aliphatic heterocycles. The summed E-state index contributed by atoms with van der Waals surface area (Å²) in [5.74, 6) is -0.119. The first-order valence-electron chi connectivity index (χ1n) is 6.19. The van der Waals surface area contributed by atoms with Crippen LogP contribution in [-0.4, -0.2) is 6.54 Å². The van der Waals surface area contributed by atoms with Gasteiger partial charge in [0.15, 0.2) is 0 Å². The maximum atomic E-state index is 12.9. The van der Waals surface area contributed by atoms with Gasteiger partial charge in [0.25, 0.3) is 0 Å². The third-order valence-corrected chi connectivity index (χ3v) is 2.92. The van der Waals surface area contributed by atoms with Gasteiger partial charge in [0, 0.05) is 6.54 Å². The Hall–Kier alpha value is -2.08. The molecule has 2 nitrogen and oxygen atoms in total. The van der Waals surface area contributed by atoms with E-state index in [9.17, 15) is 17.6 Å². The molecule has 1 atom stereocenters. The highest BCUT2D eigenvalue weighted by Gasteiger charge is 2.30. The Bertz CT molecular complexity index is 578. The molecule has 0 radical (unpaired) electrons. The summed E-state index contributed by atoms with van der Waals surface area (Å²) in [5, 5.41) is 0. The van der Waals surface area contributed by atoms with E-state index in [0.29, 0.717) is 5.56 Å². The van der Waals surface area contributed by atoms with Crippen molar-refractivity contribution in [1.29, 1.82) is 0 Å². The van der Waals surface area contributed by atoms with Gasteiger partial charge in [0.05, 0.1) is 5.56 Å². The Balaban J connectivity index is 2.13. The molecule has 2 N–H and O–H groups in total. The van der Waals surface area contributed by atoms with E-state index in [1.807, 2.05) is 0 Å². The molecule has 0 heterocycles. The highest BCUT2D eigenvalue weighted by Crippen LogP contribution is 2.31. The second-order valence-electron chi connectivity index (χ2n) is 4.42. The predicted molar refractivity (Wildman–Crippen MR) is 70.3 cm³/mol. The monoisotopic (exact) mass is 299 g/mol. The number of rotatable bonds is 4. The van der Waals surface area contributed by atoms with E-state index >= 15 is 0 Å². The number of alkyl halides is 3. The van der Waals surface area contributed by atoms with E-state index in [1.165, 1.54) is 36.4 Å². The molecule has 2 rings (SSSR count). The molecule has 0 amide bonds. The van der Waals surface area contributed by atoms with Crippen LogP contribution < -0.4 is 10.5 Å². The Labute approximate surface area is 119 Å². The number of nitrogens with two attached hydrogens (primary N) is 1. The zero-order valence-electron chi connectivity index (χ0n) is 10.9. The maximum Gasteiger partial charge on any atom is 0.416 e. The summed E-state index contributed by atoms with van der Waals surface area (Å²) in [5.41, 5.74) is 5.49. The zero-order chi connectivity index (χ0) is 15.5. The molecule has 0 spiro atoms. The first-order valence-corrected chi connectivity index (χ1v) is 6.19. The van der Waals surface area contributed by atoms with E-state index in [0.717, 1.165) is 12.1 Å². The minimum atomic E-state index is -4.39. The Morgan fingerprint density at radius 1 is 0.952 bits per heavy atom. The van der Waals surface area contributed by atoms with Crippen LogP contribution in [0.15, 0.2) is 48.5 Å². The number of halogens is 4. The molecule has 0 saturated carbocycles. The van der Waals surface area contributed by atoms with Crippen LogP contribution in [0.1, 0.15) is 17.2 Å². The third-order valence-electron chi connectivity index (χ3n) is 2.92. The van der Waals surface area contributed by atoms with Crippen molar-refractivity contribution in [3.8, 4) is 5.75 Å². The SMILES string of the molecule is NCC(Oc1ccc(C(F)(F)F)cc1)c1ccc(F)cc1. The molecule has 0 bridgehead atoms. The van der Waals surface area contributed by atoms with Gasteiger partial charge in [-0.3, -0.25) is 0 Å². The van der Waals surface area contributed by atoms with Gasteiger partial charge in [-0.25, -0.2) is 4.39 Å². The third kappa shape index (κ3) is 3.95. The van der Waals surface area contributed by atoms with E-state index in [2.05, 4.69) is 0 Å². The van der Waals surface area contributed by atoms with Crippen LogP contribution >= 0.6 is 0 Å². The summed E-state index contributed by atoms with van der Waals surface area (Å²) in [6.45, 7) is 0.118. The van der Waals surface area contributed by atoms with Gasteiger partial charge in [-0.15, -0.1) is 0 Å². The fourth-order valence-electron chi connectivity index (χ4n) is 1.82. The molecule has 1 unspecified atom stereocenters. The average Bonchev–Trinajstić information content (AvgIpc) is 2.45. The molecule has 0 saturated heterocycles. The quantitative estimate of drug-likeness (QED) is 0.868. The van der Waals surface area contributed by atoms with Crippen LogP contribution in [0.25, 0.3) is 0 Å². The fourth-order valence-corrected chi connectivity index (χ4v) is 1.82. The lowest BCUT2D eigenvalue weighted by Gasteiger charge is -2.18. The lowest BCUT2D eigenvalue weighted by Crippen LogP contribution is -2.18. The standard InChI is InChI=1S/C15H13F4NO/c16-12-5-1-10(2-6-12)14(9-20)21-13-7-3-11(4-8-13)15(17,18)19/h1-8,14H,9,20H2. The van der Waals surface area contributed by atoms with Crippen LogP contribution in [0.5, 0.6) is 5.75 Å². The molecule has 0 aromatic heterocycles. The smallest absolute Gasteiger partial charge is 0.416 e. The van der Waals surface area contributed by atoms with Crippen molar-refractivity contribution in [1.82, 2.24) is 0 Å². The number of hydrogen-bond acceptors (Lipinski definition) is 2. The summed E-state index contributed by atoms with van der Waals surface area (Å²) >= 11 is 0. The molecule has 112 valence electrons. The highest BCUT2D eigenvalue weighted by atomic mass is 19.4. The number of ether oxygens (including phenoxy) is 1. The molecule has 2 aromatic rings. The fraction of sp³-hybridized carbons (Fsp3) is 0.200. The topological polar surface area (TPSA) is 35.2 Å². The van der Waals surface area contributed by atoms with Crippen LogP contribution in [0.2, 0.25) is 0 Å². The molecule has 2 aromatic carbocycles. The summed E-state index contributed by atoms with van der Waals surface area (Å²) in [7, 11) is 0. The van der Waals surface area contributed by atoms with Crippen LogP contribution in [0.4, 0.5) is 17.6 Å². The second kappa shape index (κ2) is 6.13. The summed E-state index contributed by atoms with van der Waals surface area (Å²) in [4.78, 5) is 0. The number of benzene rings is 2. The van der Waals surface area contributed by atoms with E-state index < -0.39 is 17.8 Å². The first kappa shape index (κ1) is 15.3. The van der Waals surface area contributed by atoms with Gasteiger partial charge < -0.3 is 10.5 Å². The van der Waals surface area contributed by atoms with Crippen molar-refractivity contribution in [2.75, 3.05) is 6.54 Å². The van der Waals surface area contributed by atoms with Gasteiger partial charge in [0.2, 0.25) is 0 Å². The lowest BCUT2D eigenvalue weighted by molar-refractivity contribution is -0.137. The first-order chi connectivity index (χ1) is 9.90. The Morgan fingerprint density at radius 2 is 1.52 bits per heavy atom. The van der Waals surface area contributed by atoms with E-state index in [1.54, 1.807) is 0 Å². The van der Waals surface area contributed by atoms with E-state index in [4.69, 9.17) is 10.5 Å². The molecular weight excluding hydrogens is 286 g/mol.